The van der Waals surface area contributed by atoms with Crippen molar-refractivity contribution in [2.75, 3.05) is 34.4 Å². The van der Waals surface area contributed by atoms with E-state index in [-0.39, 0.29) is 18.1 Å². The molecule has 0 saturated carbocycles. The van der Waals surface area contributed by atoms with Crippen molar-refractivity contribution in [2.24, 2.45) is 5.41 Å². The van der Waals surface area contributed by atoms with Crippen molar-refractivity contribution in [3.8, 4) is 5.75 Å². The minimum Gasteiger partial charge on any atom is -0.497 e. The Morgan fingerprint density at radius 3 is 2.51 bits per heavy atom. The molecule has 0 aliphatic rings. The van der Waals surface area contributed by atoms with Crippen LogP contribution in [0, 0.1) is 12.3 Å². The Morgan fingerprint density at radius 2 is 1.91 bits per heavy atom. The molecular weight excluding hydrogens is 480 g/mol. The lowest BCUT2D eigenvalue weighted by molar-refractivity contribution is -0.157. The van der Waals surface area contributed by atoms with Gasteiger partial charge in [0, 0.05) is 24.2 Å². The molecule has 0 atom stereocenters. The summed E-state index contributed by atoms with van der Waals surface area (Å²) in [5.41, 5.74) is -0.0810. The van der Waals surface area contributed by atoms with Gasteiger partial charge in [0.05, 0.1) is 24.6 Å². The fraction of sp³-hybridized carbons (Fsp3) is 0.478. The van der Waals surface area contributed by atoms with E-state index in [9.17, 15) is 18.0 Å². The largest absolute Gasteiger partial charge is 0.519 e. The molecular formula is C23H30N2O9S. The number of likely N-dealkylation sites (N-methyl/N-ethyl adjacent to an activating group) is 1. The summed E-state index contributed by atoms with van der Waals surface area (Å²) in [7, 11) is 1.07. The monoisotopic (exact) mass is 510 g/mol. The minimum atomic E-state index is -4.30. The Morgan fingerprint density at radius 1 is 1.20 bits per heavy atom. The zero-order valence-corrected chi connectivity index (χ0v) is 21.4. The predicted molar refractivity (Wildman–Crippen MR) is 127 cm³/mol. The molecule has 2 heterocycles. The quantitative estimate of drug-likeness (QED) is 0.355. The average molecular weight is 511 g/mol. The molecule has 1 aromatic carbocycles. The Balaban J connectivity index is 1.79. The molecule has 11 nitrogen and oxygen atoms in total. The molecule has 0 spiro atoms. The van der Waals surface area contributed by atoms with E-state index in [1.165, 1.54) is 34.1 Å². The van der Waals surface area contributed by atoms with Crippen LogP contribution in [0.3, 0.4) is 0 Å². The summed E-state index contributed by atoms with van der Waals surface area (Å²) in [6, 6.07) is 5.20. The Labute approximate surface area is 203 Å². The molecule has 35 heavy (non-hydrogen) atoms. The molecule has 0 aliphatic carbocycles. The van der Waals surface area contributed by atoms with Crippen LogP contribution >= 0.6 is 0 Å². The lowest BCUT2D eigenvalue weighted by atomic mass is 9.95. The molecule has 0 bridgehead atoms. The number of fused-ring (bicyclic) bond motifs is 1. The van der Waals surface area contributed by atoms with Gasteiger partial charge >= 0.3 is 22.1 Å². The van der Waals surface area contributed by atoms with Gasteiger partial charge in [0.15, 0.2) is 18.1 Å². The maximum atomic E-state index is 13.2. The Bertz CT molecular complexity index is 1360. The van der Waals surface area contributed by atoms with Gasteiger partial charge in [-0.25, -0.2) is 8.77 Å². The maximum absolute atomic E-state index is 13.2. The lowest BCUT2D eigenvalue weighted by Gasteiger charge is -2.22. The van der Waals surface area contributed by atoms with E-state index < -0.39 is 34.1 Å². The van der Waals surface area contributed by atoms with Crippen molar-refractivity contribution in [2.45, 2.75) is 33.8 Å². The number of ether oxygens (including phenoxy) is 2. The predicted octanol–water partition coefficient (Wildman–Crippen LogP) is 2.49. The third kappa shape index (κ3) is 6.13. The summed E-state index contributed by atoms with van der Waals surface area (Å²) in [6.45, 7) is 4.40. The number of benzene rings is 1. The molecule has 0 aliphatic heterocycles. The molecule has 0 amide bonds. The van der Waals surface area contributed by atoms with Gasteiger partial charge in [0.2, 0.25) is 0 Å². The van der Waals surface area contributed by atoms with Crippen molar-refractivity contribution < 1.29 is 35.7 Å². The van der Waals surface area contributed by atoms with Crippen LogP contribution in [0.2, 0.25) is 0 Å². The van der Waals surface area contributed by atoms with E-state index in [1.54, 1.807) is 12.1 Å². The fourth-order valence-electron chi connectivity index (χ4n) is 3.27. The van der Waals surface area contributed by atoms with E-state index in [1.807, 2.05) is 25.1 Å². The first kappa shape index (κ1) is 26.5. The smallest absolute Gasteiger partial charge is 0.497 e. The van der Waals surface area contributed by atoms with Crippen LogP contribution in [0.4, 0.5) is 0 Å². The van der Waals surface area contributed by atoms with Gasteiger partial charge < -0.3 is 23.2 Å². The van der Waals surface area contributed by atoms with Crippen LogP contribution in [0.1, 0.15) is 30.9 Å². The summed E-state index contributed by atoms with van der Waals surface area (Å²) >= 11 is 0. The lowest BCUT2D eigenvalue weighted by Crippen LogP contribution is -2.33. The van der Waals surface area contributed by atoms with Crippen LogP contribution in [0.15, 0.2) is 38.0 Å². The van der Waals surface area contributed by atoms with Crippen LogP contribution in [-0.2, 0) is 37.0 Å². The molecule has 2 aromatic heterocycles. The van der Waals surface area contributed by atoms with E-state index in [4.69, 9.17) is 22.5 Å². The number of hydrogen-bond acceptors (Lipinski definition) is 10. The topological polar surface area (TPSA) is 130 Å². The van der Waals surface area contributed by atoms with Gasteiger partial charge in [-0.15, -0.1) is 0 Å². The van der Waals surface area contributed by atoms with Crippen molar-refractivity contribution in [3.05, 3.63) is 52.1 Å². The maximum Gasteiger partial charge on any atom is 0.519 e. The minimum absolute atomic E-state index is 0.0747. The first-order valence-electron chi connectivity index (χ1n) is 10.8. The van der Waals surface area contributed by atoms with E-state index in [2.05, 4.69) is 0 Å². The van der Waals surface area contributed by atoms with Gasteiger partial charge in [-0.2, -0.15) is 8.42 Å². The highest BCUT2D eigenvalue weighted by Crippen LogP contribution is 2.29. The Hall–Kier alpha value is -3.09. The zero-order chi connectivity index (χ0) is 26.0. The first-order valence-corrected chi connectivity index (χ1v) is 12.2. The molecule has 0 radical (unpaired) electrons. The van der Waals surface area contributed by atoms with Crippen LogP contribution in [0.5, 0.6) is 5.75 Å². The van der Waals surface area contributed by atoms with Crippen molar-refractivity contribution in [3.63, 3.8) is 0 Å². The SMILES string of the molecule is COc1ccc2c(CCN(C)C)cn(S(=O)(=O)OCC(C)(C)C(=O)OCc3oc(=O)oc3C)c2c1. The van der Waals surface area contributed by atoms with Crippen LogP contribution < -0.4 is 10.6 Å². The third-order valence-electron chi connectivity index (χ3n) is 5.42. The second kappa shape index (κ2) is 10.3. The highest BCUT2D eigenvalue weighted by molar-refractivity contribution is 7.85. The molecule has 3 rings (SSSR count). The molecule has 0 saturated heterocycles. The zero-order valence-electron chi connectivity index (χ0n) is 20.6. The van der Waals surface area contributed by atoms with Gasteiger partial charge in [-0.05, 0) is 59.0 Å². The first-order chi connectivity index (χ1) is 16.3. The molecule has 12 heteroatoms. The molecule has 0 fully saturated rings. The summed E-state index contributed by atoms with van der Waals surface area (Å²) < 4.78 is 52.7. The van der Waals surface area contributed by atoms with E-state index in [0.29, 0.717) is 17.7 Å². The van der Waals surface area contributed by atoms with E-state index in [0.717, 1.165) is 21.5 Å². The van der Waals surface area contributed by atoms with Crippen molar-refractivity contribution >= 4 is 27.2 Å². The molecule has 0 unspecified atom stereocenters. The van der Waals surface area contributed by atoms with Gasteiger partial charge in [-0.3, -0.25) is 8.98 Å². The number of esters is 1. The van der Waals surface area contributed by atoms with Gasteiger partial charge in [-0.1, -0.05) is 0 Å². The number of carbonyl (C=O) groups excluding carboxylic acids is 1. The number of aryl methyl sites for hydroxylation is 1. The summed E-state index contributed by atoms with van der Waals surface area (Å²) in [5.74, 6) is -0.870. The van der Waals surface area contributed by atoms with Crippen LogP contribution in [-0.4, -0.2) is 57.6 Å². The number of methoxy groups -OCH3 is 1. The van der Waals surface area contributed by atoms with E-state index >= 15 is 0 Å². The second-order valence-corrected chi connectivity index (χ2v) is 10.5. The second-order valence-electron chi connectivity index (χ2n) is 9.00. The average Bonchev–Trinajstić information content (AvgIpc) is 3.33. The normalized spacial score (nSPS) is 12.4. The number of hydrogen-bond donors (Lipinski definition) is 0. The highest BCUT2D eigenvalue weighted by Gasteiger charge is 2.33. The summed E-state index contributed by atoms with van der Waals surface area (Å²) in [5, 5.41) is 0.760. The number of carbonyl (C=O) groups is 1. The van der Waals surface area contributed by atoms with Crippen LogP contribution in [0.25, 0.3) is 10.9 Å². The van der Waals surface area contributed by atoms with Crippen molar-refractivity contribution in [1.82, 2.24) is 8.87 Å². The third-order valence-corrected chi connectivity index (χ3v) is 6.62. The molecule has 3 aromatic rings. The number of nitrogens with zero attached hydrogens (tertiary/aromatic N) is 2. The highest BCUT2D eigenvalue weighted by atomic mass is 32.2. The Kier molecular flexibility index (Phi) is 7.77. The van der Waals surface area contributed by atoms with Gasteiger partial charge in [0.1, 0.15) is 5.75 Å². The molecule has 0 N–H and O–H groups in total. The number of aromatic nitrogens is 1. The fourth-order valence-corrected chi connectivity index (χ4v) is 4.48. The number of rotatable bonds is 11. The van der Waals surface area contributed by atoms with Gasteiger partial charge in [0.25, 0.3) is 0 Å². The standard InChI is InChI=1S/C23H30N2O9S/c1-15-20(34-22(27)33-15)13-31-21(26)23(2,3)14-32-35(28,29)25-12-16(9-10-24(4)5)18-8-7-17(30-6)11-19(18)25/h7-8,11-12H,9-10,13-14H2,1-6H3. The van der Waals surface area contributed by atoms with Crippen molar-refractivity contribution in [1.29, 1.82) is 0 Å². The summed E-state index contributed by atoms with van der Waals surface area (Å²) in [6.07, 6.45) is 2.15. The molecule has 192 valence electrons. The summed E-state index contributed by atoms with van der Waals surface area (Å²) in [4.78, 5) is 25.7.